The molecule has 5 nitrogen and oxygen atoms in total. The van der Waals surface area contributed by atoms with E-state index >= 15 is 0 Å². The summed E-state index contributed by atoms with van der Waals surface area (Å²) in [5.41, 5.74) is 4.63. The highest BCUT2D eigenvalue weighted by atomic mass is 35.5. The number of nitrogens with one attached hydrogen (secondary N) is 1. The van der Waals surface area contributed by atoms with E-state index < -0.39 is 10.0 Å². The van der Waals surface area contributed by atoms with Gasteiger partial charge in [-0.1, -0.05) is 55.8 Å². The molecule has 0 amide bonds. The number of carbonyl (C=O) groups excluding carboxylic acids is 1. The van der Waals surface area contributed by atoms with Gasteiger partial charge in [-0.05, 0) is 90.3 Å². The Morgan fingerprint density at radius 1 is 1.02 bits per heavy atom. The molecule has 1 N–H and O–H groups in total. The van der Waals surface area contributed by atoms with Crippen molar-refractivity contribution in [3.8, 4) is 0 Å². The minimum absolute atomic E-state index is 0.0207. The number of carbonyl (C=O) groups is 1. The number of halogens is 2. The molecule has 8 heteroatoms. The van der Waals surface area contributed by atoms with Crippen molar-refractivity contribution in [3.05, 3.63) is 106 Å². The Labute approximate surface area is 240 Å². The molecule has 3 aromatic rings. The maximum Gasteiger partial charge on any atom is 0.240 e. The van der Waals surface area contributed by atoms with E-state index in [4.69, 9.17) is 16.3 Å². The molecule has 2 unspecified atom stereocenters. The second-order valence-electron chi connectivity index (χ2n) is 11.0. The molecule has 0 aliphatic heterocycles. The van der Waals surface area contributed by atoms with E-state index in [1.807, 2.05) is 12.1 Å². The molecule has 0 bridgehead atoms. The molecule has 0 spiro atoms. The highest BCUT2D eigenvalue weighted by Gasteiger charge is 2.36. The number of benzene rings is 3. The molecule has 5 rings (SSSR count). The van der Waals surface area contributed by atoms with Crippen molar-refractivity contribution in [2.75, 3.05) is 6.61 Å². The van der Waals surface area contributed by atoms with Crippen molar-refractivity contribution >= 4 is 33.0 Å². The number of ketones is 1. The van der Waals surface area contributed by atoms with Gasteiger partial charge in [-0.2, -0.15) is 0 Å². The van der Waals surface area contributed by atoms with Crippen LogP contribution in [0.3, 0.4) is 0 Å². The quantitative estimate of drug-likeness (QED) is 0.312. The van der Waals surface area contributed by atoms with Gasteiger partial charge in [-0.15, -0.1) is 0 Å². The summed E-state index contributed by atoms with van der Waals surface area (Å²) in [6.07, 6.45) is 3.04. The number of Topliss-reactive ketones (excluding diaryl/α,β-unsaturated/α-hetero) is 1. The maximum absolute atomic E-state index is 13.7. The monoisotopic (exact) mass is 581 g/mol. The van der Waals surface area contributed by atoms with E-state index in [0.717, 1.165) is 17.5 Å². The van der Waals surface area contributed by atoms with Crippen molar-refractivity contribution in [2.45, 2.75) is 56.9 Å². The van der Waals surface area contributed by atoms with Crippen LogP contribution in [-0.2, 0) is 38.8 Å². The molecule has 2 aliphatic rings. The van der Waals surface area contributed by atoms with E-state index in [0.29, 0.717) is 60.1 Å². The first-order chi connectivity index (χ1) is 19.1. The standard InChI is InChI=1S/C32H33ClFNO4S/c1-20(2)19-39-30-18-24(32(36)31(30)21-6-10-26(34)11-7-21)16-22-4-3-5-23-17-27(12-15-29(22)23)35-40(37,38)28-13-8-25(33)9-14-28/h3-11,13-14,20,24,27,35H,12,15-19H2,1-2H3. The third kappa shape index (κ3) is 6.32. The van der Waals surface area contributed by atoms with E-state index in [1.165, 1.54) is 29.8 Å². The number of ether oxygens (including phenoxy) is 1. The van der Waals surface area contributed by atoms with Crippen LogP contribution in [-0.4, -0.2) is 26.8 Å². The molecule has 0 radical (unpaired) electrons. The first-order valence-electron chi connectivity index (χ1n) is 13.6. The summed E-state index contributed by atoms with van der Waals surface area (Å²) in [5.74, 6) is 0.391. The van der Waals surface area contributed by atoms with Gasteiger partial charge in [0.15, 0.2) is 5.78 Å². The first-order valence-corrected chi connectivity index (χ1v) is 15.5. The van der Waals surface area contributed by atoms with Crippen LogP contribution in [0, 0.1) is 17.7 Å². The van der Waals surface area contributed by atoms with Gasteiger partial charge >= 0.3 is 0 Å². The minimum atomic E-state index is -3.66. The predicted octanol–water partition coefficient (Wildman–Crippen LogP) is 6.53. The molecule has 0 aromatic heterocycles. The fraction of sp³-hybridized carbons (Fsp3) is 0.344. The molecule has 2 atom stereocenters. The lowest BCUT2D eigenvalue weighted by atomic mass is 9.82. The van der Waals surface area contributed by atoms with Crippen LogP contribution in [0.25, 0.3) is 5.57 Å². The zero-order valence-electron chi connectivity index (χ0n) is 22.6. The lowest BCUT2D eigenvalue weighted by Crippen LogP contribution is -2.39. The third-order valence-electron chi connectivity index (χ3n) is 7.54. The van der Waals surface area contributed by atoms with Gasteiger partial charge in [0.1, 0.15) is 11.6 Å². The second kappa shape index (κ2) is 11.9. The fourth-order valence-corrected chi connectivity index (χ4v) is 6.98. The Balaban J connectivity index is 1.32. The number of fused-ring (bicyclic) bond motifs is 1. The summed E-state index contributed by atoms with van der Waals surface area (Å²) in [6.45, 7) is 4.63. The summed E-state index contributed by atoms with van der Waals surface area (Å²) in [6, 6.07) is 18.0. The van der Waals surface area contributed by atoms with Crippen molar-refractivity contribution in [3.63, 3.8) is 0 Å². The van der Waals surface area contributed by atoms with E-state index in [1.54, 1.807) is 24.3 Å². The molecular formula is C32H33ClFNO4S. The minimum Gasteiger partial charge on any atom is -0.497 e. The Hall–Kier alpha value is -3.00. The third-order valence-corrected chi connectivity index (χ3v) is 9.33. The van der Waals surface area contributed by atoms with Gasteiger partial charge < -0.3 is 4.74 Å². The second-order valence-corrected chi connectivity index (χ2v) is 13.2. The summed E-state index contributed by atoms with van der Waals surface area (Å²) in [5, 5.41) is 0.484. The topological polar surface area (TPSA) is 72.5 Å². The van der Waals surface area contributed by atoms with Gasteiger partial charge in [0, 0.05) is 23.4 Å². The Kier molecular flexibility index (Phi) is 8.45. The molecule has 3 aromatic carbocycles. The van der Waals surface area contributed by atoms with Crippen molar-refractivity contribution in [1.29, 1.82) is 0 Å². The number of allylic oxidation sites excluding steroid dienone is 2. The number of sulfonamides is 1. The van der Waals surface area contributed by atoms with Crippen LogP contribution < -0.4 is 4.72 Å². The highest BCUT2D eigenvalue weighted by molar-refractivity contribution is 7.89. The van der Waals surface area contributed by atoms with Gasteiger partial charge in [0.05, 0.1) is 17.1 Å². The van der Waals surface area contributed by atoms with Crippen LogP contribution in [0.2, 0.25) is 5.02 Å². The molecule has 0 saturated carbocycles. The molecule has 2 aliphatic carbocycles. The van der Waals surface area contributed by atoms with Crippen molar-refractivity contribution in [2.24, 2.45) is 11.8 Å². The molecular weight excluding hydrogens is 549 g/mol. The SMILES string of the molecule is CC(C)COC1=C(c2ccc(F)cc2)C(=O)C(Cc2cccc3c2CCC(NS(=O)(=O)c2ccc(Cl)cc2)C3)C1. The average Bonchev–Trinajstić information content (AvgIpc) is 3.22. The fourth-order valence-electron chi connectivity index (χ4n) is 5.59. The Morgan fingerprint density at radius 2 is 1.75 bits per heavy atom. The average molecular weight is 582 g/mol. The molecule has 0 fully saturated rings. The zero-order valence-corrected chi connectivity index (χ0v) is 24.2. The summed E-state index contributed by atoms with van der Waals surface area (Å²) < 4.78 is 48.4. The summed E-state index contributed by atoms with van der Waals surface area (Å²) in [4.78, 5) is 13.9. The van der Waals surface area contributed by atoms with Gasteiger partial charge in [-0.25, -0.2) is 17.5 Å². The Morgan fingerprint density at radius 3 is 2.45 bits per heavy atom. The van der Waals surface area contributed by atoms with E-state index in [-0.39, 0.29) is 28.5 Å². The Bertz CT molecular complexity index is 1530. The number of hydrogen-bond acceptors (Lipinski definition) is 4. The molecule has 40 heavy (non-hydrogen) atoms. The van der Waals surface area contributed by atoms with E-state index in [2.05, 4.69) is 24.6 Å². The van der Waals surface area contributed by atoms with Crippen LogP contribution in [0.4, 0.5) is 4.39 Å². The predicted molar refractivity (Wildman–Crippen MR) is 155 cm³/mol. The largest absolute Gasteiger partial charge is 0.497 e. The van der Waals surface area contributed by atoms with Gasteiger partial charge in [-0.3, -0.25) is 4.79 Å². The van der Waals surface area contributed by atoms with Crippen LogP contribution in [0.1, 0.15) is 48.9 Å². The normalized spacial score (nSPS) is 19.3. The first kappa shape index (κ1) is 28.5. The zero-order chi connectivity index (χ0) is 28.4. The highest BCUT2D eigenvalue weighted by Crippen LogP contribution is 2.39. The number of hydrogen-bond donors (Lipinski definition) is 1. The molecule has 210 valence electrons. The van der Waals surface area contributed by atoms with Crippen molar-refractivity contribution < 1.29 is 22.3 Å². The number of rotatable bonds is 9. The smallest absolute Gasteiger partial charge is 0.240 e. The maximum atomic E-state index is 13.7. The van der Waals surface area contributed by atoms with Crippen LogP contribution >= 0.6 is 11.6 Å². The summed E-state index contributed by atoms with van der Waals surface area (Å²) in [7, 11) is -3.66. The lowest BCUT2D eigenvalue weighted by molar-refractivity contribution is -0.116. The van der Waals surface area contributed by atoms with Gasteiger partial charge in [0.25, 0.3) is 0 Å². The summed E-state index contributed by atoms with van der Waals surface area (Å²) >= 11 is 5.92. The van der Waals surface area contributed by atoms with Gasteiger partial charge in [0.2, 0.25) is 10.0 Å². The molecule has 0 saturated heterocycles. The van der Waals surface area contributed by atoms with Crippen LogP contribution in [0.15, 0.2) is 77.4 Å². The van der Waals surface area contributed by atoms with Crippen LogP contribution in [0.5, 0.6) is 0 Å². The lowest BCUT2D eigenvalue weighted by Gasteiger charge is -2.27. The van der Waals surface area contributed by atoms with E-state index in [9.17, 15) is 17.6 Å². The van der Waals surface area contributed by atoms with Crippen molar-refractivity contribution in [1.82, 2.24) is 4.72 Å². The molecule has 0 heterocycles.